The van der Waals surface area contributed by atoms with Crippen molar-refractivity contribution in [2.24, 2.45) is 4.99 Å². The number of hydrogen-bond acceptors (Lipinski definition) is 4. The summed E-state index contributed by atoms with van der Waals surface area (Å²) in [6.07, 6.45) is 4.26. The number of guanidine groups is 1. The maximum absolute atomic E-state index is 11.1. The number of unbranched alkanes of at least 4 members (excludes halogenated alkanes) is 1. The van der Waals surface area contributed by atoms with E-state index in [4.69, 9.17) is 0 Å². The number of nitrogens with one attached hydrogen (secondary N) is 2. The molecule has 126 valence electrons. The van der Waals surface area contributed by atoms with Gasteiger partial charge < -0.3 is 15.5 Å². The molecule has 0 aliphatic heterocycles. The Morgan fingerprint density at radius 2 is 2.00 bits per heavy atom. The van der Waals surface area contributed by atoms with Gasteiger partial charge in [-0.3, -0.25) is 4.99 Å². The second kappa shape index (κ2) is 10.8. The summed E-state index contributed by atoms with van der Waals surface area (Å²) in [6, 6.07) is 0.0729. The van der Waals surface area contributed by atoms with E-state index in [1.165, 1.54) is 19.1 Å². The van der Waals surface area contributed by atoms with Crippen molar-refractivity contribution in [1.29, 1.82) is 0 Å². The zero-order chi connectivity index (χ0) is 16.3. The van der Waals surface area contributed by atoms with E-state index in [-0.39, 0.29) is 11.8 Å². The summed E-state index contributed by atoms with van der Waals surface area (Å²) in [5.41, 5.74) is 0. The van der Waals surface area contributed by atoms with Crippen LogP contribution in [0.4, 0.5) is 0 Å². The third-order valence-corrected chi connectivity index (χ3v) is 4.19. The fraction of sp³-hybridized carbons (Fsp3) is 0.929. The lowest BCUT2D eigenvalue weighted by Crippen LogP contribution is -2.45. The maximum atomic E-state index is 11.1. The normalized spacial score (nSPS) is 14.3. The van der Waals surface area contributed by atoms with Crippen LogP contribution in [0.25, 0.3) is 0 Å². The van der Waals surface area contributed by atoms with Gasteiger partial charge in [0.2, 0.25) is 0 Å². The van der Waals surface area contributed by atoms with Crippen molar-refractivity contribution in [3.8, 4) is 0 Å². The number of likely N-dealkylation sites (N-methyl/N-ethyl adjacent to an activating group) is 1. The lowest BCUT2D eigenvalue weighted by atomic mass is 10.3. The highest BCUT2D eigenvalue weighted by Crippen LogP contribution is 1.95. The Balaban J connectivity index is 3.95. The summed E-state index contributed by atoms with van der Waals surface area (Å²) in [6.45, 7) is 7.03. The third-order valence-electron chi connectivity index (χ3n) is 3.21. The van der Waals surface area contributed by atoms with Crippen molar-refractivity contribution in [1.82, 2.24) is 15.5 Å². The van der Waals surface area contributed by atoms with Gasteiger partial charge in [-0.05, 0) is 33.4 Å². The summed E-state index contributed by atoms with van der Waals surface area (Å²) in [7, 11) is 0.929. The van der Waals surface area contributed by atoms with E-state index in [0.29, 0.717) is 6.42 Å². The van der Waals surface area contributed by atoms with Crippen molar-refractivity contribution in [3.63, 3.8) is 0 Å². The molecule has 0 heterocycles. The first kappa shape index (κ1) is 20.2. The van der Waals surface area contributed by atoms with Crippen molar-refractivity contribution in [3.05, 3.63) is 0 Å². The van der Waals surface area contributed by atoms with E-state index in [0.717, 1.165) is 25.6 Å². The van der Waals surface area contributed by atoms with Gasteiger partial charge in [-0.15, -0.1) is 0 Å². The van der Waals surface area contributed by atoms with Crippen LogP contribution in [0.1, 0.15) is 33.1 Å². The van der Waals surface area contributed by atoms with E-state index in [2.05, 4.69) is 34.5 Å². The van der Waals surface area contributed by atoms with Gasteiger partial charge >= 0.3 is 0 Å². The summed E-state index contributed by atoms with van der Waals surface area (Å²) in [4.78, 5) is 6.45. The first-order valence-electron chi connectivity index (χ1n) is 7.62. The fourth-order valence-electron chi connectivity index (χ4n) is 1.80. The molecule has 21 heavy (non-hydrogen) atoms. The van der Waals surface area contributed by atoms with Crippen molar-refractivity contribution >= 4 is 15.8 Å². The van der Waals surface area contributed by atoms with Crippen LogP contribution < -0.4 is 10.6 Å². The Labute approximate surface area is 130 Å². The van der Waals surface area contributed by atoms with Gasteiger partial charge in [0, 0.05) is 32.4 Å². The zero-order valence-electron chi connectivity index (χ0n) is 14.1. The van der Waals surface area contributed by atoms with Gasteiger partial charge in [0.25, 0.3) is 0 Å². The minimum atomic E-state index is -2.91. The molecule has 6 nitrogen and oxygen atoms in total. The molecular formula is C14H32N4O2S. The molecule has 1 unspecified atom stereocenters. The second-order valence-corrected chi connectivity index (χ2v) is 7.88. The molecule has 0 saturated carbocycles. The number of rotatable bonds is 10. The first-order chi connectivity index (χ1) is 9.78. The van der Waals surface area contributed by atoms with Crippen LogP contribution in [0.5, 0.6) is 0 Å². The van der Waals surface area contributed by atoms with Gasteiger partial charge in [-0.2, -0.15) is 0 Å². The van der Waals surface area contributed by atoms with Crippen molar-refractivity contribution < 1.29 is 8.42 Å². The lowest BCUT2D eigenvalue weighted by Gasteiger charge is -2.20. The highest BCUT2D eigenvalue weighted by molar-refractivity contribution is 7.90. The molecule has 0 saturated heterocycles. The molecule has 0 rings (SSSR count). The topological polar surface area (TPSA) is 73.8 Å². The molecular weight excluding hydrogens is 288 g/mol. The van der Waals surface area contributed by atoms with Crippen LogP contribution in [0, 0.1) is 0 Å². The standard InChI is InChI=1S/C14H32N4O2S/c1-6-7-10-18(4)11-9-16-14(15-3)17-13(2)8-12-21(5,19)20/h13H,6-12H2,1-5H3,(H2,15,16,17). The van der Waals surface area contributed by atoms with Gasteiger partial charge in [-0.25, -0.2) is 8.42 Å². The Hall–Kier alpha value is -0.820. The van der Waals surface area contributed by atoms with Crippen molar-refractivity contribution in [2.45, 2.75) is 39.2 Å². The summed E-state index contributed by atoms with van der Waals surface area (Å²) in [5.74, 6) is 0.915. The van der Waals surface area contributed by atoms with E-state index in [1.807, 2.05) is 6.92 Å². The van der Waals surface area contributed by atoms with Crippen LogP contribution in [-0.4, -0.2) is 71.1 Å². The first-order valence-corrected chi connectivity index (χ1v) is 9.68. The Kier molecular flexibility index (Phi) is 10.4. The molecule has 0 aliphatic carbocycles. The van der Waals surface area contributed by atoms with Crippen LogP contribution >= 0.6 is 0 Å². The van der Waals surface area contributed by atoms with Crippen LogP contribution in [0.3, 0.4) is 0 Å². The predicted octanol–water partition coefficient (Wildman–Crippen LogP) is 0.707. The molecule has 0 radical (unpaired) electrons. The second-order valence-electron chi connectivity index (χ2n) is 5.62. The molecule has 7 heteroatoms. The Morgan fingerprint density at radius 1 is 1.33 bits per heavy atom. The monoisotopic (exact) mass is 320 g/mol. The molecule has 2 N–H and O–H groups in total. The molecule has 0 spiro atoms. The smallest absolute Gasteiger partial charge is 0.191 e. The van der Waals surface area contributed by atoms with Crippen LogP contribution in [0.2, 0.25) is 0 Å². The van der Waals surface area contributed by atoms with Gasteiger partial charge in [0.15, 0.2) is 5.96 Å². The van der Waals surface area contributed by atoms with Crippen LogP contribution in [-0.2, 0) is 9.84 Å². The molecule has 0 fully saturated rings. The number of aliphatic imine (C=N–C) groups is 1. The quantitative estimate of drug-likeness (QED) is 0.458. The summed E-state index contributed by atoms with van der Waals surface area (Å²) in [5, 5.41) is 6.46. The van der Waals surface area contributed by atoms with Crippen LogP contribution in [0.15, 0.2) is 4.99 Å². The number of hydrogen-bond donors (Lipinski definition) is 2. The third kappa shape index (κ3) is 12.6. The molecule has 0 aromatic heterocycles. The average Bonchev–Trinajstić information content (AvgIpc) is 2.41. The predicted molar refractivity (Wildman–Crippen MR) is 90.7 cm³/mol. The minimum absolute atomic E-state index is 0.0729. The highest BCUT2D eigenvalue weighted by atomic mass is 32.2. The van der Waals surface area contributed by atoms with Gasteiger partial charge in [0.1, 0.15) is 9.84 Å². The molecule has 0 aliphatic rings. The van der Waals surface area contributed by atoms with E-state index in [9.17, 15) is 8.42 Å². The number of sulfone groups is 1. The highest BCUT2D eigenvalue weighted by Gasteiger charge is 2.09. The van der Waals surface area contributed by atoms with E-state index < -0.39 is 9.84 Å². The minimum Gasteiger partial charge on any atom is -0.355 e. The van der Waals surface area contributed by atoms with Crippen molar-refractivity contribution in [2.75, 3.05) is 45.7 Å². The lowest BCUT2D eigenvalue weighted by molar-refractivity contribution is 0.332. The summed E-state index contributed by atoms with van der Waals surface area (Å²) < 4.78 is 22.3. The fourth-order valence-corrected chi connectivity index (χ4v) is 2.58. The van der Waals surface area contributed by atoms with E-state index >= 15 is 0 Å². The number of nitrogens with zero attached hydrogens (tertiary/aromatic N) is 2. The molecule has 0 aromatic rings. The van der Waals surface area contributed by atoms with E-state index in [1.54, 1.807) is 7.05 Å². The maximum Gasteiger partial charge on any atom is 0.191 e. The Morgan fingerprint density at radius 3 is 2.52 bits per heavy atom. The summed E-state index contributed by atoms with van der Waals surface area (Å²) >= 11 is 0. The SMILES string of the molecule is CCCCN(C)CCNC(=NC)NC(C)CCS(C)(=O)=O. The molecule has 0 amide bonds. The average molecular weight is 321 g/mol. The zero-order valence-corrected chi connectivity index (χ0v) is 15.0. The van der Waals surface area contributed by atoms with Gasteiger partial charge in [-0.1, -0.05) is 13.3 Å². The molecule has 0 aromatic carbocycles. The molecule has 1 atom stereocenters. The molecule has 0 bridgehead atoms. The largest absolute Gasteiger partial charge is 0.355 e. The van der Waals surface area contributed by atoms with Gasteiger partial charge in [0.05, 0.1) is 5.75 Å². The Bertz CT molecular complexity index is 396.